The summed E-state index contributed by atoms with van der Waals surface area (Å²) in [5.74, 6) is 0. The molecule has 0 heterocycles. The van der Waals surface area contributed by atoms with Crippen LogP contribution in [-0.4, -0.2) is 14.6 Å². The summed E-state index contributed by atoms with van der Waals surface area (Å²) in [6.07, 6.45) is 0. The van der Waals surface area contributed by atoms with Crippen LogP contribution < -0.4 is 9.43 Å². The molecule has 4 N–H and O–H groups in total. The molecule has 2 nitrogen and oxygen atoms in total. The SMILES string of the molecule is C[CH]=[Cr]([NH2])([NH2])(=[CH]C)=[CH]C. The van der Waals surface area contributed by atoms with Gasteiger partial charge in [-0.25, -0.2) is 0 Å². The normalized spacial score (nSPS) is 12.7. The minimum absolute atomic E-state index is 1.92. The van der Waals surface area contributed by atoms with E-state index in [2.05, 4.69) is 0 Å². The third-order valence-corrected chi connectivity index (χ3v) is 6.73. The summed E-state index contributed by atoms with van der Waals surface area (Å²) >= 11 is -2.87. The summed E-state index contributed by atoms with van der Waals surface area (Å²) in [6, 6.07) is 0. The van der Waals surface area contributed by atoms with Crippen LogP contribution in [0.3, 0.4) is 0 Å². The molecule has 56 valence electrons. The standard InChI is InChI=1S/3C2H4.Cr.2H2N/c3*1-2;;;/h3*1H,2H3;;2*1H2/q;;;+2;2*-1. The molecule has 0 saturated heterocycles. The summed E-state index contributed by atoms with van der Waals surface area (Å²) in [7, 11) is 0. The van der Waals surface area contributed by atoms with E-state index >= 15 is 0 Å². The molecule has 0 atom stereocenters. The fraction of sp³-hybridized carbons (Fsp3) is 0.500. The van der Waals surface area contributed by atoms with Crippen molar-refractivity contribution in [3.05, 3.63) is 0 Å². The van der Waals surface area contributed by atoms with Crippen molar-refractivity contribution in [1.29, 1.82) is 0 Å². The van der Waals surface area contributed by atoms with Gasteiger partial charge in [-0.3, -0.25) is 0 Å². The van der Waals surface area contributed by atoms with Crippen molar-refractivity contribution < 1.29 is 11.1 Å². The molecule has 0 aliphatic heterocycles. The van der Waals surface area contributed by atoms with Crippen LogP contribution in [0.15, 0.2) is 0 Å². The Morgan fingerprint density at radius 1 is 0.889 bits per heavy atom. The van der Waals surface area contributed by atoms with Crippen LogP contribution in [0.2, 0.25) is 0 Å². The first kappa shape index (κ1) is 9.06. The van der Waals surface area contributed by atoms with Gasteiger partial charge < -0.3 is 0 Å². The average molecular weight is 168 g/mol. The molecule has 0 aliphatic carbocycles. The molecule has 0 aliphatic rings. The third kappa shape index (κ3) is 2.04. The van der Waals surface area contributed by atoms with Crippen LogP contribution in [0.1, 0.15) is 20.8 Å². The van der Waals surface area contributed by atoms with Crippen LogP contribution in [0.25, 0.3) is 0 Å². The number of nitrogens with two attached hydrogens (primary N) is 2. The predicted octanol–water partition coefficient (Wildman–Crippen LogP) is -0.110. The molecular weight excluding hydrogens is 152 g/mol. The number of hydrogen-bond acceptors (Lipinski definition) is 2. The molecule has 0 aromatic heterocycles. The summed E-state index contributed by atoms with van der Waals surface area (Å²) in [4.78, 5) is 5.79. The second-order valence-corrected chi connectivity index (χ2v) is 8.53. The Morgan fingerprint density at radius 2 is 1.11 bits per heavy atom. The minimum atomic E-state index is -2.87. The topological polar surface area (TPSA) is 52.0 Å². The van der Waals surface area contributed by atoms with E-state index in [0.717, 1.165) is 0 Å². The van der Waals surface area contributed by atoms with E-state index in [4.69, 9.17) is 9.43 Å². The molecule has 0 amide bonds. The molecule has 0 bridgehead atoms. The Balaban J connectivity index is 5.85. The quantitative estimate of drug-likeness (QED) is 0.530. The molecule has 0 radical (unpaired) electrons. The van der Waals surface area contributed by atoms with Crippen molar-refractivity contribution in [3.63, 3.8) is 0 Å². The van der Waals surface area contributed by atoms with Gasteiger partial charge in [-0.1, -0.05) is 0 Å². The van der Waals surface area contributed by atoms with Crippen molar-refractivity contribution in [3.8, 4) is 0 Å². The molecule has 9 heavy (non-hydrogen) atoms. The molecule has 0 rings (SSSR count). The molecule has 0 aromatic carbocycles. The molecule has 3 heteroatoms. The summed E-state index contributed by atoms with van der Waals surface area (Å²) in [5, 5.41) is 0. The molecule has 0 aromatic rings. The van der Waals surface area contributed by atoms with Gasteiger partial charge in [0, 0.05) is 0 Å². The van der Waals surface area contributed by atoms with Gasteiger partial charge in [0.2, 0.25) is 0 Å². The number of rotatable bonds is 0. The summed E-state index contributed by atoms with van der Waals surface area (Å²) < 4.78 is 11.8. The van der Waals surface area contributed by atoms with E-state index < -0.39 is 11.1 Å². The molecular formula is C6H16CrN2. The van der Waals surface area contributed by atoms with E-state index in [9.17, 15) is 0 Å². The van der Waals surface area contributed by atoms with Gasteiger partial charge in [0.15, 0.2) is 0 Å². The van der Waals surface area contributed by atoms with Gasteiger partial charge in [-0.15, -0.1) is 0 Å². The van der Waals surface area contributed by atoms with Crippen molar-refractivity contribution in [2.75, 3.05) is 0 Å². The maximum absolute atomic E-state index is 5.92. The van der Waals surface area contributed by atoms with Gasteiger partial charge in [-0.05, 0) is 0 Å². The van der Waals surface area contributed by atoms with E-state index in [0.29, 0.717) is 0 Å². The fourth-order valence-electron chi connectivity index (χ4n) is 0.408. The van der Waals surface area contributed by atoms with Crippen LogP contribution in [-0.2, 0) is 11.1 Å². The van der Waals surface area contributed by atoms with Gasteiger partial charge in [-0.2, -0.15) is 0 Å². The van der Waals surface area contributed by atoms with Gasteiger partial charge in [0.1, 0.15) is 0 Å². The summed E-state index contributed by atoms with van der Waals surface area (Å²) in [5.41, 5.74) is 0. The third-order valence-electron chi connectivity index (χ3n) is 1.63. The number of hydrogen-bond donors (Lipinski definition) is 2. The Labute approximate surface area is 56.5 Å². The van der Waals surface area contributed by atoms with Gasteiger partial charge in [0.25, 0.3) is 0 Å². The zero-order valence-corrected chi connectivity index (χ0v) is 7.57. The van der Waals surface area contributed by atoms with E-state index in [-0.39, 0.29) is 0 Å². The van der Waals surface area contributed by atoms with E-state index in [1.165, 1.54) is 0 Å². The molecule has 0 fully saturated rings. The van der Waals surface area contributed by atoms with Crippen LogP contribution in [0.4, 0.5) is 0 Å². The second-order valence-electron chi connectivity index (χ2n) is 2.07. The van der Waals surface area contributed by atoms with Gasteiger partial charge >= 0.3 is 56.0 Å². The predicted molar refractivity (Wildman–Crippen MR) is 43.6 cm³/mol. The summed E-state index contributed by atoms with van der Waals surface area (Å²) in [6.45, 7) is 5.75. The molecule has 0 unspecified atom stereocenters. The Morgan fingerprint density at radius 3 is 1.11 bits per heavy atom. The van der Waals surface area contributed by atoms with Crippen LogP contribution in [0.5, 0.6) is 0 Å². The Hall–Kier alpha value is 0.0625. The Bertz CT molecular complexity index is 251. The van der Waals surface area contributed by atoms with Crippen LogP contribution in [0, 0.1) is 0 Å². The van der Waals surface area contributed by atoms with Crippen molar-refractivity contribution in [2.45, 2.75) is 20.8 Å². The van der Waals surface area contributed by atoms with Gasteiger partial charge in [0.05, 0.1) is 0 Å². The zero-order valence-electron chi connectivity index (χ0n) is 6.29. The van der Waals surface area contributed by atoms with Crippen molar-refractivity contribution in [2.24, 2.45) is 9.43 Å². The zero-order chi connectivity index (χ0) is 7.57. The molecule has 0 spiro atoms. The second kappa shape index (κ2) is 2.36. The first-order valence-electron chi connectivity index (χ1n) is 2.91. The van der Waals surface area contributed by atoms with E-state index in [1.807, 2.05) is 35.4 Å². The first-order valence-corrected chi connectivity index (χ1v) is 6.59. The van der Waals surface area contributed by atoms with E-state index in [1.54, 1.807) is 0 Å². The molecule has 0 saturated carbocycles. The fourth-order valence-corrected chi connectivity index (χ4v) is 1.68. The average Bonchev–Trinajstić information content (AvgIpc) is 1.90. The Kier molecular flexibility index (Phi) is 2.37. The maximum atomic E-state index is 5.92. The monoisotopic (exact) mass is 168 g/mol. The van der Waals surface area contributed by atoms with Crippen LogP contribution >= 0.6 is 0 Å². The van der Waals surface area contributed by atoms with Crippen molar-refractivity contribution in [1.82, 2.24) is 0 Å². The van der Waals surface area contributed by atoms with Crippen molar-refractivity contribution >= 4 is 14.6 Å². The first-order chi connectivity index (χ1) is 3.96.